The van der Waals surface area contributed by atoms with E-state index < -0.39 is 5.41 Å². The minimum atomic E-state index is -0.502. The summed E-state index contributed by atoms with van der Waals surface area (Å²) < 4.78 is 31.7. The summed E-state index contributed by atoms with van der Waals surface area (Å²) in [5.74, 6) is -0.679. The first-order valence-electron chi connectivity index (χ1n) is 11.1. The van der Waals surface area contributed by atoms with Crippen molar-refractivity contribution in [3.05, 3.63) is 0 Å². The van der Waals surface area contributed by atoms with Crippen LogP contribution < -0.4 is 0 Å². The highest BCUT2D eigenvalue weighted by atomic mass is 16.6. The summed E-state index contributed by atoms with van der Waals surface area (Å²) in [6, 6.07) is 0. The second kappa shape index (κ2) is 19.7. The van der Waals surface area contributed by atoms with Gasteiger partial charge in [0.25, 0.3) is 0 Å². The molecule has 0 aromatic heterocycles. The molecule has 0 amide bonds. The second-order valence-corrected chi connectivity index (χ2v) is 7.41. The molecule has 0 saturated heterocycles. The number of carbonyl (C=O) groups excluding carboxylic acids is 2. The van der Waals surface area contributed by atoms with E-state index in [9.17, 15) is 9.59 Å². The predicted molar refractivity (Wildman–Crippen MR) is 113 cm³/mol. The molecule has 0 aromatic carbocycles. The molecular weight excluding hydrogens is 392 g/mol. The fourth-order valence-electron chi connectivity index (χ4n) is 2.47. The fraction of sp³-hybridized carbons (Fsp3) is 0.909. The lowest BCUT2D eigenvalue weighted by Gasteiger charge is -2.26. The van der Waals surface area contributed by atoms with Gasteiger partial charge in [0.1, 0.15) is 13.2 Å². The van der Waals surface area contributed by atoms with Crippen molar-refractivity contribution in [3.8, 4) is 0 Å². The van der Waals surface area contributed by atoms with Crippen molar-refractivity contribution in [1.29, 1.82) is 0 Å². The highest BCUT2D eigenvalue weighted by molar-refractivity contribution is 5.74. The Morgan fingerprint density at radius 2 is 0.900 bits per heavy atom. The monoisotopic (exact) mass is 434 g/mol. The van der Waals surface area contributed by atoms with E-state index in [1.165, 1.54) is 0 Å². The minimum Gasteiger partial charge on any atom is -0.463 e. The Kier molecular flexibility index (Phi) is 18.9. The third-order valence-electron chi connectivity index (χ3n) is 4.42. The van der Waals surface area contributed by atoms with Crippen molar-refractivity contribution < 1.29 is 38.0 Å². The molecule has 8 heteroatoms. The average molecular weight is 435 g/mol. The molecular formula is C22H42O8. The third kappa shape index (κ3) is 17.6. The third-order valence-corrected chi connectivity index (χ3v) is 4.42. The van der Waals surface area contributed by atoms with Gasteiger partial charge in [-0.3, -0.25) is 9.59 Å². The lowest BCUT2D eigenvalue weighted by atomic mass is 9.81. The van der Waals surface area contributed by atoms with Crippen molar-refractivity contribution in [1.82, 2.24) is 0 Å². The molecule has 0 saturated carbocycles. The number of hydrogen-bond donors (Lipinski definition) is 0. The van der Waals surface area contributed by atoms with Crippen LogP contribution in [-0.4, -0.2) is 78.0 Å². The summed E-state index contributed by atoms with van der Waals surface area (Å²) in [5.41, 5.74) is -0.502. The minimum absolute atomic E-state index is 0.156. The van der Waals surface area contributed by atoms with Crippen LogP contribution in [0.3, 0.4) is 0 Å². The van der Waals surface area contributed by atoms with Crippen molar-refractivity contribution in [2.45, 2.75) is 59.8 Å². The van der Waals surface area contributed by atoms with Gasteiger partial charge in [0.15, 0.2) is 0 Å². The largest absolute Gasteiger partial charge is 0.463 e. The first kappa shape index (κ1) is 28.8. The molecule has 0 aliphatic rings. The maximum absolute atomic E-state index is 12.1. The lowest BCUT2D eigenvalue weighted by Crippen LogP contribution is -2.27. The van der Waals surface area contributed by atoms with E-state index in [0.717, 1.165) is 26.1 Å². The van der Waals surface area contributed by atoms with Crippen LogP contribution in [0.25, 0.3) is 0 Å². The molecule has 0 radical (unpaired) electrons. The number of esters is 2. The Hall–Kier alpha value is -1.22. The van der Waals surface area contributed by atoms with E-state index in [1.54, 1.807) is 0 Å². The number of carbonyl (C=O) groups is 2. The quantitative estimate of drug-likeness (QED) is 0.201. The van der Waals surface area contributed by atoms with Crippen LogP contribution in [0.1, 0.15) is 59.8 Å². The van der Waals surface area contributed by atoms with Gasteiger partial charge in [-0.15, -0.1) is 0 Å². The van der Waals surface area contributed by atoms with Gasteiger partial charge < -0.3 is 28.4 Å². The number of rotatable bonds is 21. The van der Waals surface area contributed by atoms with Crippen LogP contribution in [0.4, 0.5) is 0 Å². The van der Waals surface area contributed by atoms with Crippen LogP contribution >= 0.6 is 0 Å². The smallest absolute Gasteiger partial charge is 0.306 e. The SMILES string of the molecule is CCCOCCOCCOC(=O)CC(C)(CC)CC(=O)OCCOCCOCCC. The Balaban J connectivity index is 3.87. The Morgan fingerprint density at radius 1 is 0.567 bits per heavy atom. The lowest BCUT2D eigenvalue weighted by molar-refractivity contribution is -0.152. The normalized spacial score (nSPS) is 11.5. The Labute approximate surface area is 181 Å². The molecule has 178 valence electrons. The van der Waals surface area contributed by atoms with Crippen molar-refractivity contribution in [3.63, 3.8) is 0 Å². The van der Waals surface area contributed by atoms with Crippen molar-refractivity contribution in [2.24, 2.45) is 5.41 Å². The molecule has 30 heavy (non-hydrogen) atoms. The van der Waals surface area contributed by atoms with E-state index in [-0.39, 0.29) is 38.0 Å². The van der Waals surface area contributed by atoms with Gasteiger partial charge >= 0.3 is 11.9 Å². The summed E-state index contributed by atoms with van der Waals surface area (Å²) in [6.45, 7) is 12.4. The van der Waals surface area contributed by atoms with Gasteiger partial charge in [0.2, 0.25) is 0 Å². The second-order valence-electron chi connectivity index (χ2n) is 7.41. The topological polar surface area (TPSA) is 89.5 Å². The molecule has 0 aliphatic carbocycles. The van der Waals surface area contributed by atoms with Gasteiger partial charge in [0.05, 0.1) is 52.5 Å². The zero-order valence-corrected chi connectivity index (χ0v) is 19.4. The number of ether oxygens (including phenoxy) is 6. The fourth-order valence-corrected chi connectivity index (χ4v) is 2.47. The maximum atomic E-state index is 12.1. The summed E-state index contributed by atoms with van der Waals surface area (Å²) in [6.07, 6.45) is 2.92. The molecule has 0 fully saturated rings. The summed E-state index contributed by atoms with van der Waals surface area (Å²) in [7, 11) is 0. The summed E-state index contributed by atoms with van der Waals surface area (Å²) >= 11 is 0. The molecule has 8 nitrogen and oxygen atoms in total. The van der Waals surface area contributed by atoms with Crippen molar-refractivity contribution in [2.75, 3.05) is 66.1 Å². The summed E-state index contributed by atoms with van der Waals surface area (Å²) in [5, 5.41) is 0. The molecule has 0 rings (SSSR count). The molecule has 0 spiro atoms. The zero-order chi connectivity index (χ0) is 22.5. The molecule has 0 unspecified atom stereocenters. The first-order chi connectivity index (χ1) is 14.5. The van der Waals surface area contributed by atoms with E-state index in [1.807, 2.05) is 27.7 Å². The number of hydrogen-bond acceptors (Lipinski definition) is 8. The molecule has 0 heterocycles. The average Bonchev–Trinajstić information content (AvgIpc) is 2.71. The van der Waals surface area contributed by atoms with E-state index >= 15 is 0 Å². The maximum Gasteiger partial charge on any atom is 0.306 e. The molecule has 0 aromatic rings. The van der Waals surface area contributed by atoms with Crippen LogP contribution in [0, 0.1) is 5.41 Å². The van der Waals surface area contributed by atoms with Crippen LogP contribution in [0.15, 0.2) is 0 Å². The molecule has 0 aliphatic heterocycles. The predicted octanol–water partition coefficient (Wildman–Crippen LogP) is 3.16. The standard InChI is InChI=1S/C22H42O8/c1-5-8-25-10-12-27-14-16-29-20(23)18-22(4,7-3)19-21(24)30-17-15-28-13-11-26-9-6-2/h5-19H2,1-4H3. The van der Waals surface area contributed by atoms with Gasteiger partial charge in [-0.2, -0.15) is 0 Å². The summed E-state index contributed by atoms with van der Waals surface area (Å²) in [4.78, 5) is 24.2. The zero-order valence-electron chi connectivity index (χ0n) is 19.4. The van der Waals surface area contributed by atoms with Gasteiger partial charge in [-0.25, -0.2) is 0 Å². The van der Waals surface area contributed by atoms with Crippen molar-refractivity contribution >= 4 is 11.9 Å². The van der Waals surface area contributed by atoms with Crippen LogP contribution in [0.5, 0.6) is 0 Å². The molecule has 0 N–H and O–H groups in total. The highest BCUT2D eigenvalue weighted by Crippen LogP contribution is 2.31. The highest BCUT2D eigenvalue weighted by Gasteiger charge is 2.30. The molecule has 0 bridgehead atoms. The Morgan fingerprint density at radius 3 is 1.23 bits per heavy atom. The van der Waals surface area contributed by atoms with Gasteiger partial charge in [0, 0.05) is 13.2 Å². The van der Waals surface area contributed by atoms with E-state index in [0.29, 0.717) is 46.1 Å². The van der Waals surface area contributed by atoms with Gasteiger partial charge in [-0.05, 0) is 24.7 Å². The van der Waals surface area contributed by atoms with E-state index in [4.69, 9.17) is 28.4 Å². The van der Waals surface area contributed by atoms with Gasteiger partial charge in [-0.1, -0.05) is 27.7 Å². The molecule has 0 atom stereocenters. The Bertz CT molecular complexity index is 393. The van der Waals surface area contributed by atoms with E-state index in [2.05, 4.69) is 0 Å². The van der Waals surface area contributed by atoms with Crippen LogP contribution in [0.2, 0.25) is 0 Å². The van der Waals surface area contributed by atoms with Crippen LogP contribution in [-0.2, 0) is 38.0 Å². The first-order valence-corrected chi connectivity index (χ1v) is 11.1.